The van der Waals surface area contributed by atoms with Crippen LogP contribution in [0.5, 0.6) is 0 Å². The highest BCUT2D eigenvalue weighted by molar-refractivity contribution is 5.99. The van der Waals surface area contributed by atoms with Crippen LogP contribution < -0.4 is 10.9 Å². The van der Waals surface area contributed by atoms with Crippen LogP contribution in [0.2, 0.25) is 0 Å². The van der Waals surface area contributed by atoms with Crippen LogP contribution in [0.1, 0.15) is 23.3 Å². The largest absolute Gasteiger partial charge is 0.376 e. The number of aromatic nitrogens is 4. The molecule has 0 spiro atoms. The maximum Gasteiger partial charge on any atom is 0.277 e. The number of hydrogen-bond acceptors (Lipinski definition) is 5. The summed E-state index contributed by atoms with van der Waals surface area (Å²) in [5.41, 5.74) is 1.11. The summed E-state index contributed by atoms with van der Waals surface area (Å²) in [6.07, 6.45) is 1.95. The zero-order chi connectivity index (χ0) is 15.8. The third kappa shape index (κ3) is 2.36. The second kappa shape index (κ2) is 5.47. The first-order chi connectivity index (χ1) is 11.2. The number of carbonyl (C=O) groups is 1. The third-order valence-electron chi connectivity index (χ3n) is 4.00. The monoisotopic (exact) mass is 313 g/mol. The maximum atomic E-state index is 12.3. The molecular weight excluding hydrogens is 298 g/mol. The van der Waals surface area contributed by atoms with E-state index < -0.39 is 11.5 Å². The van der Waals surface area contributed by atoms with Crippen LogP contribution in [0, 0.1) is 0 Å². The first-order valence-electron chi connectivity index (χ1n) is 7.50. The summed E-state index contributed by atoms with van der Waals surface area (Å²) in [4.78, 5) is 27.4. The van der Waals surface area contributed by atoms with Gasteiger partial charge in [0.05, 0.1) is 17.1 Å². The molecule has 1 fully saturated rings. The first kappa shape index (κ1) is 13.9. The number of nitrogens with one attached hydrogen (secondary N) is 2. The van der Waals surface area contributed by atoms with Gasteiger partial charge in [-0.1, -0.05) is 17.3 Å². The van der Waals surface area contributed by atoms with Gasteiger partial charge in [-0.25, -0.2) is 4.52 Å². The van der Waals surface area contributed by atoms with E-state index in [9.17, 15) is 9.59 Å². The van der Waals surface area contributed by atoms with E-state index in [4.69, 9.17) is 4.74 Å². The molecule has 2 N–H and O–H groups in total. The molecule has 2 aromatic heterocycles. The summed E-state index contributed by atoms with van der Waals surface area (Å²) in [6, 6.07) is 7.23. The van der Waals surface area contributed by atoms with Gasteiger partial charge in [0.2, 0.25) is 0 Å². The van der Waals surface area contributed by atoms with Crippen LogP contribution in [0.25, 0.3) is 16.6 Å². The molecule has 1 aliphatic rings. The molecule has 23 heavy (non-hydrogen) atoms. The molecule has 0 radical (unpaired) electrons. The molecule has 0 bridgehead atoms. The molecule has 1 atom stereocenters. The third-order valence-corrected chi connectivity index (χ3v) is 4.00. The van der Waals surface area contributed by atoms with Crippen molar-refractivity contribution in [3.8, 4) is 0 Å². The molecule has 3 heterocycles. The molecule has 0 unspecified atom stereocenters. The normalized spacial score (nSPS) is 17.8. The topological polar surface area (TPSA) is 101 Å². The van der Waals surface area contributed by atoms with Crippen molar-refractivity contribution in [1.82, 2.24) is 25.1 Å². The molecule has 1 amide bonds. The Balaban J connectivity index is 1.71. The Hall–Kier alpha value is -2.74. The summed E-state index contributed by atoms with van der Waals surface area (Å²) in [6.45, 7) is 1.13. The van der Waals surface area contributed by atoms with Crippen molar-refractivity contribution in [3.63, 3.8) is 0 Å². The number of fused-ring (bicyclic) bond motifs is 3. The number of ether oxygens (including phenoxy) is 1. The molecule has 3 aromatic rings. The summed E-state index contributed by atoms with van der Waals surface area (Å²) < 4.78 is 6.86. The van der Waals surface area contributed by atoms with E-state index in [2.05, 4.69) is 20.6 Å². The highest BCUT2D eigenvalue weighted by atomic mass is 16.5. The van der Waals surface area contributed by atoms with Gasteiger partial charge in [0.15, 0.2) is 11.2 Å². The van der Waals surface area contributed by atoms with E-state index in [1.807, 2.05) is 12.1 Å². The van der Waals surface area contributed by atoms with Crippen LogP contribution in [0.3, 0.4) is 0 Å². The van der Waals surface area contributed by atoms with Crippen molar-refractivity contribution in [2.75, 3.05) is 13.2 Å². The number of carbonyl (C=O) groups excluding carboxylic acids is 1. The molecule has 0 aliphatic carbocycles. The number of benzene rings is 1. The van der Waals surface area contributed by atoms with Crippen LogP contribution in [0.4, 0.5) is 0 Å². The molecule has 1 saturated heterocycles. The zero-order valence-corrected chi connectivity index (χ0v) is 12.3. The molecule has 4 rings (SSSR count). The van der Waals surface area contributed by atoms with Gasteiger partial charge in [0.25, 0.3) is 11.5 Å². The molecule has 1 aliphatic heterocycles. The Kier molecular flexibility index (Phi) is 3.30. The van der Waals surface area contributed by atoms with Crippen molar-refractivity contribution in [2.24, 2.45) is 0 Å². The number of nitrogens with zero attached hydrogens (tertiary/aromatic N) is 3. The van der Waals surface area contributed by atoms with Crippen molar-refractivity contribution in [2.45, 2.75) is 18.9 Å². The fraction of sp³-hybridized carbons (Fsp3) is 0.333. The number of hydrogen-bond donors (Lipinski definition) is 2. The van der Waals surface area contributed by atoms with Crippen LogP contribution in [-0.2, 0) is 4.74 Å². The molecule has 8 heteroatoms. The summed E-state index contributed by atoms with van der Waals surface area (Å²) >= 11 is 0. The van der Waals surface area contributed by atoms with Crippen molar-refractivity contribution >= 4 is 22.5 Å². The zero-order valence-electron chi connectivity index (χ0n) is 12.3. The molecule has 0 saturated carbocycles. The van der Waals surface area contributed by atoms with Gasteiger partial charge in [-0.05, 0) is 25.0 Å². The number of rotatable bonds is 3. The fourth-order valence-electron chi connectivity index (χ4n) is 2.85. The van der Waals surface area contributed by atoms with E-state index in [1.54, 1.807) is 12.1 Å². The predicted octanol–water partition coefficient (Wildman–Crippen LogP) is 0.480. The van der Waals surface area contributed by atoms with Crippen molar-refractivity contribution < 1.29 is 9.53 Å². The summed E-state index contributed by atoms with van der Waals surface area (Å²) in [5, 5.41) is 10.6. The minimum atomic E-state index is -0.420. The lowest BCUT2D eigenvalue weighted by molar-refractivity contribution is 0.0855. The molecule has 1 aromatic carbocycles. The average molecular weight is 313 g/mol. The Morgan fingerprint density at radius 2 is 2.30 bits per heavy atom. The number of amides is 1. The van der Waals surface area contributed by atoms with Crippen LogP contribution in [-0.4, -0.2) is 45.0 Å². The van der Waals surface area contributed by atoms with E-state index in [0.29, 0.717) is 17.6 Å². The van der Waals surface area contributed by atoms with Gasteiger partial charge in [0, 0.05) is 13.2 Å². The Morgan fingerprint density at radius 3 is 3.13 bits per heavy atom. The Morgan fingerprint density at radius 1 is 1.43 bits per heavy atom. The lowest BCUT2D eigenvalue weighted by Crippen LogP contribution is -2.32. The van der Waals surface area contributed by atoms with Gasteiger partial charge in [-0.2, -0.15) is 0 Å². The number of aromatic amines is 1. The van der Waals surface area contributed by atoms with E-state index >= 15 is 0 Å². The van der Waals surface area contributed by atoms with E-state index in [1.165, 1.54) is 4.52 Å². The second-order valence-electron chi connectivity index (χ2n) is 5.51. The quantitative estimate of drug-likeness (QED) is 0.732. The first-order valence-corrected chi connectivity index (χ1v) is 7.50. The molecular formula is C15H15N5O3. The fourth-order valence-corrected chi connectivity index (χ4v) is 2.85. The Labute approximate surface area is 130 Å². The summed E-state index contributed by atoms with van der Waals surface area (Å²) in [7, 11) is 0. The van der Waals surface area contributed by atoms with Crippen molar-refractivity contribution in [1.29, 1.82) is 0 Å². The summed E-state index contributed by atoms with van der Waals surface area (Å²) in [5.74, 6) is -0.420. The van der Waals surface area contributed by atoms with Crippen molar-refractivity contribution in [3.05, 3.63) is 40.3 Å². The lowest BCUT2D eigenvalue weighted by atomic mass is 10.2. The second-order valence-corrected chi connectivity index (χ2v) is 5.51. The lowest BCUT2D eigenvalue weighted by Gasteiger charge is -2.09. The SMILES string of the molecule is O=C(NC[C@@H]1CCCO1)c1nnn2c1c(=O)[nH]c1ccccc12. The van der Waals surface area contributed by atoms with Gasteiger partial charge in [-0.15, -0.1) is 5.10 Å². The van der Waals surface area contributed by atoms with Crippen LogP contribution >= 0.6 is 0 Å². The predicted molar refractivity (Wildman–Crippen MR) is 82.4 cm³/mol. The van der Waals surface area contributed by atoms with E-state index in [-0.39, 0.29) is 17.3 Å². The van der Waals surface area contributed by atoms with E-state index in [0.717, 1.165) is 19.4 Å². The minimum absolute atomic E-state index is 0.0231. The maximum absolute atomic E-state index is 12.3. The number of para-hydroxylation sites is 2. The molecule has 8 nitrogen and oxygen atoms in total. The standard InChI is InChI=1S/C15H15N5O3/c21-14(16-8-9-4-3-7-23-9)12-13-15(22)17-10-5-1-2-6-11(10)20(13)19-18-12/h1-2,5-6,9H,3-4,7-8H2,(H,16,21)(H,17,22)/t9-/m0/s1. The number of H-pyrrole nitrogens is 1. The van der Waals surface area contributed by atoms with Gasteiger partial charge in [-0.3, -0.25) is 9.59 Å². The molecule has 118 valence electrons. The highest BCUT2D eigenvalue weighted by Crippen LogP contribution is 2.13. The van der Waals surface area contributed by atoms with Crippen LogP contribution in [0.15, 0.2) is 29.1 Å². The average Bonchev–Trinajstić information content (AvgIpc) is 3.22. The van der Waals surface area contributed by atoms with Gasteiger partial charge >= 0.3 is 0 Å². The highest BCUT2D eigenvalue weighted by Gasteiger charge is 2.21. The Bertz CT molecular complexity index is 939. The smallest absolute Gasteiger partial charge is 0.277 e. The van der Waals surface area contributed by atoms with Gasteiger partial charge in [0.1, 0.15) is 0 Å². The van der Waals surface area contributed by atoms with Gasteiger partial charge < -0.3 is 15.0 Å². The minimum Gasteiger partial charge on any atom is -0.376 e.